The van der Waals surface area contributed by atoms with Crippen LogP contribution in [0.3, 0.4) is 0 Å². The molecule has 1 aromatic heterocycles. The summed E-state index contributed by atoms with van der Waals surface area (Å²) in [4.78, 5) is 40.0. The van der Waals surface area contributed by atoms with Crippen molar-refractivity contribution < 1.29 is 37.0 Å². The van der Waals surface area contributed by atoms with Crippen LogP contribution >= 0.6 is 0 Å². The zero-order valence-corrected chi connectivity index (χ0v) is 31.9. The van der Waals surface area contributed by atoms with Gasteiger partial charge in [0.05, 0.1) is 12.4 Å². The summed E-state index contributed by atoms with van der Waals surface area (Å²) in [5.41, 5.74) is 1.78. The number of carbonyl (C=O) groups excluding carboxylic acids is 3. The van der Waals surface area contributed by atoms with Crippen LogP contribution < -0.4 is 10.0 Å². The molecule has 2 heterocycles. The van der Waals surface area contributed by atoms with Gasteiger partial charge in [0, 0.05) is 42.3 Å². The smallest absolute Gasteiger partial charge is 0.410 e. The number of carbonyl (C=O) groups is 3. The van der Waals surface area contributed by atoms with Gasteiger partial charge in [0.15, 0.2) is 0 Å². The van der Waals surface area contributed by atoms with Gasteiger partial charge in [0.1, 0.15) is 16.9 Å². The topological polar surface area (TPSA) is 145 Å². The Kier molecular flexibility index (Phi) is 11.4. The number of anilines is 1. The molecule has 0 aliphatic carbocycles. The molecule has 52 heavy (non-hydrogen) atoms. The zero-order chi connectivity index (χ0) is 37.8. The number of rotatable bonds is 11. The summed E-state index contributed by atoms with van der Waals surface area (Å²) >= 11 is 0. The van der Waals surface area contributed by atoms with Crippen LogP contribution in [0, 0.1) is 0 Å². The van der Waals surface area contributed by atoms with Crippen LogP contribution in [0.2, 0.25) is 0 Å². The van der Waals surface area contributed by atoms with Crippen LogP contribution in [0.4, 0.5) is 15.3 Å². The Morgan fingerprint density at radius 3 is 2.35 bits per heavy atom. The highest BCUT2D eigenvalue weighted by molar-refractivity contribution is 7.92. The van der Waals surface area contributed by atoms with Crippen LogP contribution in [-0.2, 0) is 37.3 Å². The Bertz CT molecular complexity index is 2060. The molecule has 0 bridgehead atoms. The van der Waals surface area contributed by atoms with E-state index >= 15 is 0 Å². The number of alkyl carbamates (subject to hydrolysis) is 1. The number of nitrogens with one attached hydrogen (secondary N) is 2. The number of sulfonamides is 1. The second kappa shape index (κ2) is 15.4. The van der Waals surface area contributed by atoms with Gasteiger partial charge < -0.3 is 29.0 Å². The van der Waals surface area contributed by atoms with Crippen LogP contribution in [-0.4, -0.2) is 72.2 Å². The zero-order valence-electron chi connectivity index (χ0n) is 31.1. The highest BCUT2D eigenvalue weighted by atomic mass is 32.2. The predicted octanol–water partition coefficient (Wildman–Crippen LogP) is 7.58. The van der Waals surface area contributed by atoms with Crippen LogP contribution in [0.25, 0.3) is 21.7 Å². The Balaban J connectivity index is 1.42. The van der Waals surface area contributed by atoms with Crippen LogP contribution in [0.15, 0.2) is 60.7 Å². The Morgan fingerprint density at radius 1 is 0.904 bits per heavy atom. The largest absolute Gasteiger partial charge is 0.461 e. The normalized spacial score (nSPS) is 15.1. The quantitative estimate of drug-likeness (QED) is 0.119. The van der Waals surface area contributed by atoms with E-state index in [9.17, 15) is 22.8 Å². The van der Waals surface area contributed by atoms with Gasteiger partial charge in [-0.05, 0) is 114 Å². The molecule has 13 heteroatoms. The lowest BCUT2D eigenvalue weighted by atomic mass is 10.0. The summed E-state index contributed by atoms with van der Waals surface area (Å²) in [5, 5.41) is 5.30. The number of likely N-dealkylation sites (tertiary alicyclic amines) is 1. The molecule has 3 aromatic carbocycles. The molecule has 1 saturated heterocycles. The maximum atomic E-state index is 13.5. The standard InChI is InChI=1S/C39H50N4O8S/c1-8-49-35(44)34-23-28-16-15-26(24-40-36(45)50-38(2,3)4)20-33(28)43(34)25-29-22-30(21-27-12-9-10-14-32(27)29)41-52(47,48)19-17-31-13-11-18-42(31)37(46)51-39(5,6)7/h9-10,12,14-16,20-23,31,41H,8,11,13,17-19,24-25H2,1-7H3,(H,40,45)/t31-/m0/s1. The summed E-state index contributed by atoms with van der Waals surface area (Å²) in [6, 6.07) is 18.5. The van der Waals surface area contributed by atoms with Crippen molar-refractivity contribution in [3.63, 3.8) is 0 Å². The third kappa shape index (κ3) is 9.96. The fourth-order valence-electron chi connectivity index (χ4n) is 6.41. The summed E-state index contributed by atoms with van der Waals surface area (Å²) in [7, 11) is -3.80. The van der Waals surface area contributed by atoms with E-state index in [0.29, 0.717) is 24.3 Å². The molecular weight excluding hydrogens is 685 g/mol. The first kappa shape index (κ1) is 38.5. The molecular formula is C39H50N4O8S. The van der Waals surface area contributed by atoms with E-state index in [1.807, 2.05) is 67.8 Å². The monoisotopic (exact) mass is 734 g/mol. The number of benzene rings is 3. The molecule has 1 atom stereocenters. The fraction of sp³-hybridized carbons (Fsp3) is 0.462. The van der Waals surface area contributed by atoms with Gasteiger partial charge >= 0.3 is 18.2 Å². The number of hydrogen-bond donors (Lipinski definition) is 2. The molecule has 0 saturated carbocycles. The number of esters is 1. The maximum Gasteiger partial charge on any atom is 0.410 e. The van der Waals surface area contributed by atoms with E-state index in [4.69, 9.17) is 14.2 Å². The van der Waals surface area contributed by atoms with E-state index in [2.05, 4.69) is 10.0 Å². The van der Waals surface area contributed by atoms with Crippen molar-refractivity contribution in [1.82, 2.24) is 14.8 Å². The van der Waals surface area contributed by atoms with E-state index in [0.717, 1.165) is 39.2 Å². The molecule has 1 aliphatic rings. The Morgan fingerprint density at radius 2 is 1.63 bits per heavy atom. The van der Waals surface area contributed by atoms with E-state index in [-0.39, 0.29) is 37.9 Å². The van der Waals surface area contributed by atoms with Gasteiger partial charge in [-0.1, -0.05) is 36.4 Å². The first-order valence-electron chi connectivity index (χ1n) is 17.7. The lowest BCUT2D eigenvalue weighted by molar-refractivity contribution is 0.0223. The van der Waals surface area contributed by atoms with Crippen molar-refractivity contribution >= 4 is 55.5 Å². The molecule has 0 spiro atoms. The number of fused-ring (bicyclic) bond motifs is 2. The van der Waals surface area contributed by atoms with E-state index < -0.39 is 39.4 Å². The minimum absolute atomic E-state index is 0.172. The average molecular weight is 735 g/mol. The van der Waals surface area contributed by atoms with Crippen molar-refractivity contribution in [2.24, 2.45) is 0 Å². The first-order chi connectivity index (χ1) is 24.4. The average Bonchev–Trinajstić information content (AvgIpc) is 3.66. The highest BCUT2D eigenvalue weighted by Crippen LogP contribution is 2.30. The maximum absolute atomic E-state index is 13.5. The second-order valence-corrected chi connectivity index (χ2v) is 17.0. The molecule has 1 fully saturated rings. The van der Waals surface area contributed by atoms with Crippen molar-refractivity contribution in [2.75, 3.05) is 23.6 Å². The van der Waals surface area contributed by atoms with Gasteiger partial charge in [0.25, 0.3) is 0 Å². The first-order valence-corrected chi connectivity index (χ1v) is 19.3. The molecule has 0 unspecified atom stereocenters. The lowest BCUT2D eigenvalue weighted by Gasteiger charge is -2.28. The molecule has 1 aliphatic heterocycles. The molecule has 0 radical (unpaired) electrons. The van der Waals surface area contributed by atoms with Gasteiger partial charge in [-0.2, -0.15) is 0 Å². The Hall–Kier alpha value is -4.78. The minimum atomic E-state index is -3.80. The fourth-order valence-corrected chi connectivity index (χ4v) is 7.57. The lowest BCUT2D eigenvalue weighted by Crippen LogP contribution is -2.40. The number of nitrogens with zero attached hydrogens (tertiary/aromatic N) is 2. The van der Waals surface area contributed by atoms with Gasteiger partial charge in [0.2, 0.25) is 10.0 Å². The third-order valence-corrected chi connectivity index (χ3v) is 9.88. The van der Waals surface area contributed by atoms with Crippen molar-refractivity contribution in [1.29, 1.82) is 0 Å². The van der Waals surface area contributed by atoms with Crippen molar-refractivity contribution in [3.8, 4) is 0 Å². The molecule has 12 nitrogen and oxygen atoms in total. The third-order valence-electron chi connectivity index (χ3n) is 8.56. The Labute approximate surface area is 305 Å². The molecule has 2 N–H and O–H groups in total. The molecule has 2 amide bonds. The summed E-state index contributed by atoms with van der Waals surface area (Å²) in [5.74, 6) is -0.658. The predicted molar refractivity (Wildman–Crippen MR) is 202 cm³/mol. The van der Waals surface area contributed by atoms with Crippen molar-refractivity contribution in [2.45, 2.75) is 98.1 Å². The summed E-state index contributed by atoms with van der Waals surface area (Å²) in [6.45, 7) is 13.7. The minimum Gasteiger partial charge on any atom is -0.461 e. The van der Waals surface area contributed by atoms with E-state index in [1.165, 1.54) is 0 Å². The van der Waals surface area contributed by atoms with Crippen LogP contribution in [0.5, 0.6) is 0 Å². The SMILES string of the molecule is CCOC(=O)c1cc2ccc(CNC(=O)OC(C)(C)C)cc2n1Cc1cc(NS(=O)(=O)CC[C@@H]2CCCN2C(=O)OC(C)(C)C)cc2ccccc12. The van der Waals surface area contributed by atoms with Crippen molar-refractivity contribution in [3.05, 3.63) is 77.5 Å². The summed E-state index contributed by atoms with van der Waals surface area (Å²) < 4.78 is 48.0. The molecule has 280 valence electrons. The number of hydrogen-bond acceptors (Lipinski definition) is 8. The van der Waals surface area contributed by atoms with Crippen LogP contribution in [0.1, 0.15) is 89.3 Å². The molecule has 4 aromatic rings. The van der Waals surface area contributed by atoms with Gasteiger partial charge in [-0.25, -0.2) is 22.8 Å². The second-order valence-electron chi connectivity index (χ2n) is 15.1. The summed E-state index contributed by atoms with van der Waals surface area (Å²) in [6.07, 6.45) is 0.810. The van der Waals surface area contributed by atoms with Gasteiger partial charge in [-0.3, -0.25) is 4.72 Å². The number of aromatic nitrogens is 1. The van der Waals surface area contributed by atoms with E-state index in [1.54, 1.807) is 50.8 Å². The number of ether oxygens (including phenoxy) is 3. The van der Waals surface area contributed by atoms with Gasteiger partial charge in [-0.15, -0.1) is 0 Å². The molecule has 5 rings (SSSR count). The highest BCUT2D eigenvalue weighted by Gasteiger charge is 2.33. The number of amides is 2.